The number of carbonyl (C=O) groups excluding carboxylic acids is 1. The zero-order valence-corrected chi connectivity index (χ0v) is 21.7. The molecule has 0 spiro atoms. The van der Waals surface area contributed by atoms with Crippen molar-refractivity contribution in [3.8, 4) is 5.75 Å². The van der Waals surface area contributed by atoms with E-state index < -0.39 is 71.7 Å². The predicted octanol–water partition coefficient (Wildman–Crippen LogP) is 6.35. The molecule has 0 radical (unpaired) electrons. The molecular formula is C24H19F4IO6S. The minimum atomic E-state index is -5.24. The molecule has 6 nitrogen and oxygen atoms in total. The molecule has 1 aliphatic rings. The van der Waals surface area contributed by atoms with E-state index in [1.807, 2.05) is 0 Å². The summed E-state index contributed by atoms with van der Waals surface area (Å²) >= 11 is -5.24. The van der Waals surface area contributed by atoms with Gasteiger partial charge < -0.3 is 0 Å². The molecule has 0 saturated carbocycles. The van der Waals surface area contributed by atoms with Crippen LogP contribution in [0.5, 0.6) is 5.75 Å². The Morgan fingerprint density at radius 3 is 2.14 bits per heavy atom. The number of benzene rings is 3. The topological polar surface area (TPSA) is 78.9 Å². The molecule has 0 aliphatic carbocycles. The maximum absolute atomic E-state index is 15.7. The third kappa shape index (κ3) is 4.81. The summed E-state index contributed by atoms with van der Waals surface area (Å²) in [6.45, 7) is 2.76. The molecule has 12 heteroatoms. The fourth-order valence-corrected chi connectivity index (χ4v) is 11.0. The van der Waals surface area contributed by atoms with Crippen molar-refractivity contribution in [1.29, 1.82) is 0 Å². The Morgan fingerprint density at radius 1 is 0.861 bits per heavy atom. The number of fused-ring (bicyclic) bond motifs is 2. The van der Waals surface area contributed by atoms with E-state index >= 15 is 17.6 Å². The molecule has 36 heavy (non-hydrogen) atoms. The monoisotopic (exact) mass is 638 g/mol. The van der Waals surface area contributed by atoms with E-state index in [9.17, 15) is 13.2 Å². The third-order valence-electron chi connectivity index (χ3n) is 5.11. The van der Waals surface area contributed by atoms with Gasteiger partial charge in [0.2, 0.25) is 0 Å². The first-order valence-corrected chi connectivity index (χ1v) is 14.8. The van der Waals surface area contributed by atoms with Gasteiger partial charge in [0.15, 0.2) is 0 Å². The molecule has 0 bridgehead atoms. The molecule has 0 fully saturated rings. The number of cyclic esters (lactones) is 1. The summed E-state index contributed by atoms with van der Waals surface area (Å²) in [5.74, 6) is -1.60. The van der Waals surface area contributed by atoms with Crippen LogP contribution in [0.4, 0.5) is 17.6 Å². The van der Waals surface area contributed by atoms with Gasteiger partial charge in [0, 0.05) is 0 Å². The van der Waals surface area contributed by atoms with E-state index in [0.29, 0.717) is 0 Å². The Bertz CT molecular complexity index is 1400. The number of hydrogen-bond donors (Lipinski definition) is 0. The van der Waals surface area contributed by atoms with Crippen LogP contribution < -0.4 is 4.74 Å². The quantitative estimate of drug-likeness (QED) is 0.144. The number of carbonyl (C=O) groups is 1. The zero-order chi connectivity index (χ0) is 26.4. The Kier molecular flexibility index (Phi) is 6.81. The van der Waals surface area contributed by atoms with Crippen molar-refractivity contribution in [2.75, 3.05) is 0 Å². The summed E-state index contributed by atoms with van der Waals surface area (Å²) in [4.78, 5) is 12.1. The number of esters is 1. The minimum absolute atomic E-state index is 0.0895. The molecule has 192 valence electrons. The van der Waals surface area contributed by atoms with Crippen LogP contribution in [0, 0.1) is 3.57 Å². The molecule has 1 aliphatic heterocycles. The molecule has 4 rings (SSSR count). The van der Waals surface area contributed by atoms with Gasteiger partial charge in [0.05, 0.1) is 0 Å². The molecular weight excluding hydrogens is 619 g/mol. The van der Waals surface area contributed by atoms with Crippen LogP contribution in [0.2, 0.25) is 0 Å². The zero-order valence-electron chi connectivity index (χ0n) is 18.8. The van der Waals surface area contributed by atoms with Crippen molar-refractivity contribution in [3.63, 3.8) is 0 Å². The Labute approximate surface area is 212 Å². The number of para-hydroxylation sites is 1. The predicted molar refractivity (Wildman–Crippen MR) is 129 cm³/mol. The molecule has 1 heterocycles. The van der Waals surface area contributed by atoms with Crippen molar-refractivity contribution in [1.82, 2.24) is 0 Å². The van der Waals surface area contributed by atoms with Crippen LogP contribution in [-0.4, -0.2) is 24.4 Å². The third-order valence-corrected chi connectivity index (χ3v) is 12.7. The van der Waals surface area contributed by atoms with Gasteiger partial charge in [0.1, 0.15) is 0 Å². The number of halogens is 5. The van der Waals surface area contributed by atoms with Gasteiger partial charge in [-0.2, -0.15) is 0 Å². The Balaban J connectivity index is 1.94. The van der Waals surface area contributed by atoms with Gasteiger partial charge in [-0.1, -0.05) is 0 Å². The van der Waals surface area contributed by atoms with E-state index in [2.05, 4.69) is 4.74 Å². The second kappa shape index (κ2) is 9.30. The van der Waals surface area contributed by atoms with Crippen molar-refractivity contribution in [3.05, 3.63) is 93.6 Å². The number of alkyl halides is 5. The van der Waals surface area contributed by atoms with Crippen molar-refractivity contribution in [2.45, 2.75) is 34.4 Å². The fraction of sp³-hybridized carbons (Fsp3) is 0.208. The normalized spacial score (nSPS) is 18.4. The molecule has 3 aromatic carbocycles. The van der Waals surface area contributed by atoms with E-state index in [1.54, 1.807) is 0 Å². The molecule has 0 amide bonds. The summed E-state index contributed by atoms with van der Waals surface area (Å²) < 4.78 is 97.3. The number of rotatable bonds is 4. The maximum atomic E-state index is 15.7. The summed E-state index contributed by atoms with van der Waals surface area (Å²) in [6.07, 6.45) is -5.15. The van der Waals surface area contributed by atoms with Gasteiger partial charge in [-0.05, 0) is 0 Å². The standard InChI is InChI=1S/C24H19F4IO6S/c1-22(2)18-13-7-8-14-19(18)29(23(25,26)24(27,28)33-16-10-4-3-5-11-16)35-36(31,32)20-15-9-6-12-17(20)21(30)34-22/h3-15H,1-2H3. The second-order valence-corrected chi connectivity index (χ2v) is 14.6. The summed E-state index contributed by atoms with van der Waals surface area (Å²) in [6, 6.07) is 16.0. The Morgan fingerprint density at radius 2 is 1.44 bits per heavy atom. The molecule has 0 unspecified atom stereocenters. The fourth-order valence-electron chi connectivity index (χ4n) is 3.41. The van der Waals surface area contributed by atoms with Crippen LogP contribution in [0.1, 0.15) is 29.8 Å². The first-order chi connectivity index (χ1) is 16.8. The number of ether oxygens (including phenoxy) is 2. The average Bonchev–Trinajstić information content (AvgIpc) is 2.82. The van der Waals surface area contributed by atoms with E-state index in [1.165, 1.54) is 62.4 Å². The summed E-state index contributed by atoms with van der Waals surface area (Å²) in [5.41, 5.74) is -2.17. The molecule has 0 N–H and O–H groups in total. The van der Waals surface area contributed by atoms with Crippen LogP contribution in [-0.2, 0) is 23.0 Å². The van der Waals surface area contributed by atoms with Gasteiger partial charge in [-0.3, -0.25) is 0 Å². The average molecular weight is 638 g/mol. The van der Waals surface area contributed by atoms with E-state index in [-0.39, 0.29) is 5.56 Å². The summed E-state index contributed by atoms with van der Waals surface area (Å²) in [5, 5.41) is 0. The van der Waals surface area contributed by atoms with E-state index in [4.69, 9.17) is 7.25 Å². The Hall–Kier alpha value is -2.71. The molecule has 3 aromatic rings. The summed E-state index contributed by atoms with van der Waals surface area (Å²) in [7, 11) is -5.12. The second-order valence-electron chi connectivity index (χ2n) is 8.07. The molecule has 0 atom stereocenters. The molecule has 0 aromatic heterocycles. The number of hydrogen-bond acceptors (Lipinski definition) is 6. The van der Waals surface area contributed by atoms with Crippen molar-refractivity contribution < 1.29 is 42.8 Å². The van der Waals surface area contributed by atoms with Crippen LogP contribution in [0.15, 0.2) is 83.8 Å². The van der Waals surface area contributed by atoms with Crippen LogP contribution in [0.25, 0.3) is 0 Å². The van der Waals surface area contributed by atoms with Gasteiger partial charge >= 0.3 is 213 Å². The van der Waals surface area contributed by atoms with Crippen molar-refractivity contribution >= 4 is 36.3 Å². The van der Waals surface area contributed by atoms with Gasteiger partial charge in [-0.15, -0.1) is 0 Å². The van der Waals surface area contributed by atoms with Crippen molar-refractivity contribution in [2.24, 2.45) is 0 Å². The first-order valence-electron chi connectivity index (χ1n) is 10.3. The van der Waals surface area contributed by atoms with Crippen LogP contribution >= 0.6 is 20.2 Å². The van der Waals surface area contributed by atoms with Gasteiger partial charge in [0.25, 0.3) is 0 Å². The molecule has 0 saturated heterocycles. The SMILES string of the molecule is CC1(C)OC(=O)c2ccccc2S(=O)(=O)OI(C(F)(F)C(F)(F)Oc2ccccc2)c2ccccc21. The van der Waals surface area contributed by atoms with Gasteiger partial charge in [-0.25, -0.2) is 0 Å². The van der Waals surface area contributed by atoms with E-state index in [0.717, 1.165) is 30.3 Å². The van der Waals surface area contributed by atoms with Crippen LogP contribution in [0.3, 0.4) is 0 Å². The first kappa shape index (κ1) is 26.4.